The number of piperazine rings is 1. The van der Waals surface area contributed by atoms with Crippen LogP contribution in [-0.4, -0.2) is 53.0 Å². The van der Waals surface area contributed by atoms with Gasteiger partial charge in [0.1, 0.15) is 17.2 Å². The molecule has 1 aliphatic rings. The zero-order valence-electron chi connectivity index (χ0n) is 12.2. The molecule has 1 fully saturated rings. The molecule has 2 aromatic heterocycles. The predicted molar refractivity (Wildman–Crippen MR) is 82.3 cm³/mol. The number of nitrogens with zero attached hydrogens (tertiary/aromatic N) is 6. The van der Waals surface area contributed by atoms with Crippen molar-refractivity contribution in [1.29, 1.82) is 0 Å². The molecule has 0 unspecified atom stereocenters. The van der Waals surface area contributed by atoms with E-state index in [1.54, 1.807) is 17.7 Å². The molecule has 0 spiro atoms. The number of anilines is 2. The van der Waals surface area contributed by atoms with Crippen molar-refractivity contribution >= 4 is 22.3 Å². The highest BCUT2D eigenvalue weighted by atomic mass is 32.1. The summed E-state index contributed by atoms with van der Waals surface area (Å²) in [6, 6.07) is 1.90. The van der Waals surface area contributed by atoms with Crippen LogP contribution in [0, 0.1) is 6.92 Å². The smallest absolute Gasteiger partial charge is 0.218 e. The minimum Gasteiger partial charge on any atom is -0.478 e. The highest BCUT2D eigenvalue weighted by Gasteiger charge is 2.21. The van der Waals surface area contributed by atoms with E-state index in [9.17, 15) is 0 Å². The summed E-state index contributed by atoms with van der Waals surface area (Å²) in [7, 11) is 0. The molecule has 0 aliphatic carbocycles. The van der Waals surface area contributed by atoms with Crippen LogP contribution in [0.25, 0.3) is 0 Å². The van der Waals surface area contributed by atoms with Crippen molar-refractivity contribution in [3.63, 3.8) is 0 Å². The average molecular weight is 306 g/mol. The number of aryl methyl sites for hydroxylation is 1. The Labute approximate surface area is 127 Å². The molecule has 0 amide bonds. The Kier molecular flexibility index (Phi) is 4.14. The van der Waals surface area contributed by atoms with E-state index >= 15 is 0 Å². The first-order valence-corrected chi connectivity index (χ1v) is 7.82. The quantitative estimate of drug-likeness (QED) is 0.845. The number of ether oxygens (including phenoxy) is 1. The van der Waals surface area contributed by atoms with E-state index in [0.717, 1.165) is 42.1 Å². The molecule has 8 heteroatoms. The Balaban J connectivity index is 1.64. The van der Waals surface area contributed by atoms with E-state index in [1.807, 2.05) is 19.9 Å². The highest BCUT2D eigenvalue weighted by Crippen LogP contribution is 2.23. The Morgan fingerprint density at radius 1 is 1.14 bits per heavy atom. The van der Waals surface area contributed by atoms with Gasteiger partial charge in [-0.3, -0.25) is 0 Å². The van der Waals surface area contributed by atoms with Crippen LogP contribution in [0.3, 0.4) is 0 Å². The van der Waals surface area contributed by atoms with Gasteiger partial charge in [0.2, 0.25) is 11.0 Å². The molecule has 0 atom stereocenters. The Bertz CT molecular complexity index is 596. The van der Waals surface area contributed by atoms with Gasteiger partial charge in [0.05, 0.1) is 6.61 Å². The average Bonchev–Trinajstić information content (AvgIpc) is 2.95. The van der Waals surface area contributed by atoms with E-state index in [1.165, 1.54) is 0 Å². The summed E-state index contributed by atoms with van der Waals surface area (Å²) in [4.78, 5) is 13.0. The van der Waals surface area contributed by atoms with Crippen LogP contribution in [0.5, 0.6) is 5.88 Å². The second-order valence-corrected chi connectivity index (χ2v) is 5.89. The normalized spacial score (nSPS) is 15.3. The molecule has 2 aromatic rings. The third-order valence-corrected chi connectivity index (χ3v) is 4.21. The lowest BCUT2D eigenvalue weighted by atomic mass is 10.3. The lowest BCUT2D eigenvalue weighted by molar-refractivity contribution is 0.326. The maximum Gasteiger partial charge on any atom is 0.218 e. The van der Waals surface area contributed by atoms with Crippen LogP contribution in [0.15, 0.2) is 12.4 Å². The van der Waals surface area contributed by atoms with Gasteiger partial charge < -0.3 is 14.5 Å². The summed E-state index contributed by atoms with van der Waals surface area (Å²) >= 11 is 1.64. The van der Waals surface area contributed by atoms with Crippen LogP contribution >= 0.6 is 11.3 Å². The molecule has 0 aromatic carbocycles. The van der Waals surface area contributed by atoms with Crippen molar-refractivity contribution in [1.82, 2.24) is 20.2 Å². The highest BCUT2D eigenvalue weighted by molar-refractivity contribution is 7.15. The van der Waals surface area contributed by atoms with Gasteiger partial charge in [-0.15, -0.1) is 10.2 Å². The van der Waals surface area contributed by atoms with Gasteiger partial charge in [-0.05, 0) is 13.8 Å². The monoisotopic (exact) mass is 306 g/mol. The minimum absolute atomic E-state index is 0.612. The molecule has 3 heterocycles. The largest absolute Gasteiger partial charge is 0.478 e. The van der Waals surface area contributed by atoms with Gasteiger partial charge in [-0.25, -0.2) is 9.97 Å². The Hall–Kier alpha value is -1.96. The summed E-state index contributed by atoms with van der Waals surface area (Å²) in [5, 5.41) is 10.3. The number of rotatable bonds is 4. The van der Waals surface area contributed by atoms with Crippen LogP contribution in [0.1, 0.15) is 11.9 Å². The Morgan fingerprint density at radius 3 is 2.57 bits per heavy atom. The zero-order valence-corrected chi connectivity index (χ0v) is 13.0. The van der Waals surface area contributed by atoms with E-state index < -0.39 is 0 Å². The molecular weight excluding hydrogens is 288 g/mol. The molecule has 1 saturated heterocycles. The summed E-state index contributed by atoms with van der Waals surface area (Å²) in [6.07, 6.45) is 1.56. The molecule has 1 aliphatic heterocycles. The molecule has 7 nitrogen and oxygen atoms in total. The number of hydrogen-bond acceptors (Lipinski definition) is 8. The zero-order chi connectivity index (χ0) is 14.7. The summed E-state index contributed by atoms with van der Waals surface area (Å²) in [5.74, 6) is 1.55. The van der Waals surface area contributed by atoms with Crippen molar-refractivity contribution in [2.45, 2.75) is 13.8 Å². The lowest BCUT2D eigenvalue weighted by Gasteiger charge is -2.34. The second kappa shape index (κ2) is 6.21. The van der Waals surface area contributed by atoms with Crippen LogP contribution in [-0.2, 0) is 0 Å². The fourth-order valence-corrected chi connectivity index (χ4v) is 3.01. The molecule has 0 saturated carbocycles. The fourth-order valence-electron chi connectivity index (χ4n) is 2.27. The number of aromatic nitrogens is 4. The molecule has 0 bridgehead atoms. The Morgan fingerprint density at radius 2 is 1.90 bits per heavy atom. The van der Waals surface area contributed by atoms with Crippen LogP contribution in [0.4, 0.5) is 10.9 Å². The second-order valence-electron chi connectivity index (χ2n) is 4.73. The fraction of sp³-hybridized carbons (Fsp3) is 0.538. The van der Waals surface area contributed by atoms with Gasteiger partial charge in [-0.2, -0.15) is 0 Å². The van der Waals surface area contributed by atoms with Gasteiger partial charge in [-0.1, -0.05) is 11.3 Å². The summed E-state index contributed by atoms with van der Waals surface area (Å²) in [6.45, 7) is 8.19. The number of hydrogen-bond donors (Lipinski definition) is 0. The lowest BCUT2D eigenvalue weighted by Crippen LogP contribution is -2.46. The molecular formula is C13H18N6OS. The molecule has 112 valence electrons. The molecule has 21 heavy (non-hydrogen) atoms. The van der Waals surface area contributed by atoms with Gasteiger partial charge in [0, 0.05) is 32.2 Å². The van der Waals surface area contributed by atoms with Crippen molar-refractivity contribution < 1.29 is 4.74 Å². The standard InChI is InChI=1S/C13H18N6OS/c1-3-20-12-8-11(14-9-15-12)18-4-6-19(7-5-18)13-17-16-10(2)21-13/h8-9H,3-7H2,1-2H3. The molecule has 3 rings (SSSR count). The maximum atomic E-state index is 5.43. The van der Waals surface area contributed by atoms with Gasteiger partial charge in [0.15, 0.2) is 0 Å². The topological polar surface area (TPSA) is 67.3 Å². The minimum atomic E-state index is 0.612. The van der Waals surface area contributed by atoms with Gasteiger partial charge >= 0.3 is 0 Å². The third kappa shape index (κ3) is 3.21. The molecule has 0 radical (unpaired) electrons. The van der Waals surface area contributed by atoms with Crippen LogP contribution in [0.2, 0.25) is 0 Å². The van der Waals surface area contributed by atoms with E-state index in [4.69, 9.17) is 4.74 Å². The SMILES string of the molecule is CCOc1cc(N2CCN(c3nnc(C)s3)CC2)ncn1. The first kappa shape index (κ1) is 14.0. The maximum absolute atomic E-state index is 5.43. The van der Waals surface area contributed by atoms with Crippen molar-refractivity contribution in [2.24, 2.45) is 0 Å². The van der Waals surface area contributed by atoms with E-state index in [0.29, 0.717) is 12.5 Å². The van der Waals surface area contributed by atoms with Crippen molar-refractivity contribution in [3.8, 4) is 5.88 Å². The summed E-state index contributed by atoms with van der Waals surface area (Å²) in [5.41, 5.74) is 0. The van der Waals surface area contributed by atoms with E-state index in [-0.39, 0.29) is 0 Å². The van der Waals surface area contributed by atoms with Crippen LogP contribution < -0.4 is 14.5 Å². The molecule has 0 N–H and O–H groups in total. The third-order valence-electron chi connectivity index (χ3n) is 3.31. The first-order valence-electron chi connectivity index (χ1n) is 7.01. The van der Waals surface area contributed by atoms with Crippen molar-refractivity contribution in [2.75, 3.05) is 42.6 Å². The van der Waals surface area contributed by atoms with E-state index in [2.05, 4.69) is 30.0 Å². The first-order chi connectivity index (χ1) is 10.3. The predicted octanol–water partition coefficient (Wildman–Crippen LogP) is 1.36. The summed E-state index contributed by atoms with van der Waals surface area (Å²) < 4.78 is 5.43. The van der Waals surface area contributed by atoms with Crippen molar-refractivity contribution in [3.05, 3.63) is 17.4 Å². The van der Waals surface area contributed by atoms with Gasteiger partial charge in [0.25, 0.3) is 0 Å².